The molecule has 5 heteroatoms. The molecule has 3 aliphatic rings. The second kappa shape index (κ2) is 2.10. The van der Waals surface area contributed by atoms with Gasteiger partial charge in [0.1, 0.15) is 12.3 Å². The first kappa shape index (κ1) is 7.79. The van der Waals surface area contributed by atoms with Crippen molar-refractivity contribution in [3.63, 3.8) is 0 Å². The molecule has 2 aliphatic heterocycles. The molecule has 2 N–H and O–H groups in total. The topological polar surface area (TPSA) is 58.6 Å². The van der Waals surface area contributed by atoms with E-state index in [0.29, 0.717) is 19.4 Å². The summed E-state index contributed by atoms with van der Waals surface area (Å²) < 4.78 is 17.5. The van der Waals surface area contributed by atoms with Gasteiger partial charge < -0.3 is 15.2 Å². The Balaban J connectivity index is 2.00. The van der Waals surface area contributed by atoms with E-state index < -0.39 is 23.9 Å². The summed E-state index contributed by atoms with van der Waals surface area (Å²) in [5.41, 5.74) is -1.15. The number of fused-ring (bicyclic) bond motifs is 1. The summed E-state index contributed by atoms with van der Waals surface area (Å²) in [6.45, 7) is -0.209. The van der Waals surface area contributed by atoms with Crippen LogP contribution in [0.3, 0.4) is 0 Å². The van der Waals surface area contributed by atoms with Gasteiger partial charge in [0.05, 0.1) is 12.1 Å². The number of ether oxygens (including phenoxy) is 1. The minimum Gasteiger partial charge on any atom is -0.465 e. The van der Waals surface area contributed by atoms with Gasteiger partial charge in [-0.3, -0.25) is 0 Å². The maximum Gasteiger partial charge on any atom is 0.405 e. The van der Waals surface area contributed by atoms with Gasteiger partial charge in [-0.1, -0.05) is 0 Å². The zero-order chi connectivity index (χ0) is 8.82. The number of alkyl halides is 1. The number of halogens is 1. The van der Waals surface area contributed by atoms with Crippen molar-refractivity contribution < 1.29 is 19.0 Å². The van der Waals surface area contributed by atoms with E-state index in [9.17, 15) is 9.18 Å². The highest BCUT2D eigenvalue weighted by atomic mass is 19.1. The predicted molar refractivity (Wildman–Crippen MR) is 37.8 cm³/mol. The normalized spacial score (nSPS) is 43.8. The van der Waals surface area contributed by atoms with Crippen LogP contribution in [0.4, 0.5) is 9.18 Å². The molecular weight excluding hydrogens is 165 g/mol. The molecule has 1 amide bonds. The van der Waals surface area contributed by atoms with Crippen molar-refractivity contribution in [3.8, 4) is 0 Å². The van der Waals surface area contributed by atoms with Gasteiger partial charge in [-0.05, 0) is 0 Å². The number of carbonyl (C=O) groups is 1. The first-order chi connectivity index (χ1) is 5.60. The van der Waals surface area contributed by atoms with Crippen molar-refractivity contribution in [2.24, 2.45) is 0 Å². The van der Waals surface area contributed by atoms with E-state index in [0.717, 1.165) is 0 Å². The standard InChI is InChI=1S/C7H10FNO3/c8-3-7-1-6(2-7,4-12-7)9-5(10)11/h9H,1-4H2,(H,10,11). The number of carboxylic acid groups (broad SMARTS) is 1. The highest BCUT2D eigenvalue weighted by molar-refractivity contribution is 5.66. The average Bonchev–Trinajstić information content (AvgIpc) is 2.40. The van der Waals surface area contributed by atoms with E-state index in [1.165, 1.54) is 0 Å². The zero-order valence-corrected chi connectivity index (χ0v) is 6.47. The van der Waals surface area contributed by atoms with Gasteiger partial charge in [0, 0.05) is 12.8 Å². The molecule has 2 bridgehead atoms. The molecule has 12 heavy (non-hydrogen) atoms. The Morgan fingerprint density at radius 3 is 2.75 bits per heavy atom. The summed E-state index contributed by atoms with van der Waals surface area (Å²) in [6, 6.07) is 0. The summed E-state index contributed by atoms with van der Waals surface area (Å²) >= 11 is 0. The minimum atomic E-state index is -1.06. The lowest BCUT2D eigenvalue weighted by Gasteiger charge is -2.42. The van der Waals surface area contributed by atoms with Crippen LogP contribution in [0, 0.1) is 0 Å². The minimum absolute atomic E-state index is 0.309. The van der Waals surface area contributed by atoms with Crippen molar-refractivity contribution in [1.82, 2.24) is 5.32 Å². The third-order valence-corrected chi connectivity index (χ3v) is 2.59. The second-order valence-electron chi connectivity index (χ2n) is 3.67. The molecule has 0 radical (unpaired) electrons. The van der Waals surface area contributed by atoms with Gasteiger partial charge in [0.15, 0.2) is 0 Å². The fraction of sp³-hybridized carbons (Fsp3) is 0.857. The van der Waals surface area contributed by atoms with Gasteiger partial charge >= 0.3 is 6.09 Å². The Morgan fingerprint density at radius 1 is 1.67 bits per heavy atom. The Labute approximate surface area is 68.7 Å². The van der Waals surface area contributed by atoms with Crippen molar-refractivity contribution in [2.75, 3.05) is 13.3 Å². The summed E-state index contributed by atoms with van der Waals surface area (Å²) in [5, 5.41) is 10.8. The molecule has 2 saturated heterocycles. The van der Waals surface area contributed by atoms with Crippen molar-refractivity contribution in [3.05, 3.63) is 0 Å². The number of rotatable bonds is 2. The number of nitrogens with one attached hydrogen (secondary N) is 1. The van der Waals surface area contributed by atoms with Gasteiger partial charge in [0.2, 0.25) is 0 Å². The van der Waals surface area contributed by atoms with Crippen LogP contribution in [0.2, 0.25) is 0 Å². The molecule has 0 atom stereocenters. The molecule has 4 nitrogen and oxygen atoms in total. The van der Waals surface area contributed by atoms with Gasteiger partial charge in [0.25, 0.3) is 0 Å². The van der Waals surface area contributed by atoms with Crippen LogP contribution < -0.4 is 5.32 Å². The Morgan fingerprint density at radius 2 is 2.33 bits per heavy atom. The van der Waals surface area contributed by atoms with Crippen LogP contribution in [0.15, 0.2) is 0 Å². The molecule has 1 aliphatic carbocycles. The average molecular weight is 175 g/mol. The molecule has 0 unspecified atom stereocenters. The molecule has 3 fully saturated rings. The van der Waals surface area contributed by atoms with Crippen LogP contribution in [0.5, 0.6) is 0 Å². The maximum absolute atomic E-state index is 12.3. The Hall–Kier alpha value is -0.840. The van der Waals surface area contributed by atoms with Crippen LogP contribution in [-0.2, 0) is 4.74 Å². The molecule has 1 saturated carbocycles. The SMILES string of the molecule is O=C(O)NC12COC(CF)(C1)C2. The smallest absolute Gasteiger partial charge is 0.405 e. The fourth-order valence-corrected chi connectivity index (χ4v) is 2.16. The number of hydrogen-bond acceptors (Lipinski definition) is 2. The van der Waals surface area contributed by atoms with Crippen LogP contribution in [0.25, 0.3) is 0 Å². The zero-order valence-electron chi connectivity index (χ0n) is 6.47. The molecule has 0 aromatic heterocycles. The van der Waals surface area contributed by atoms with Gasteiger partial charge in [-0.25, -0.2) is 9.18 Å². The third-order valence-electron chi connectivity index (χ3n) is 2.59. The van der Waals surface area contributed by atoms with E-state index in [1.54, 1.807) is 0 Å². The van der Waals surface area contributed by atoms with Crippen molar-refractivity contribution >= 4 is 6.09 Å². The van der Waals surface area contributed by atoms with E-state index >= 15 is 0 Å². The molecule has 3 rings (SSSR count). The first-order valence-electron chi connectivity index (χ1n) is 3.81. The molecule has 0 aromatic carbocycles. The monoisotopic (exact) mass is 175 g/mol. The Kier molecular flexibility index (Phi) is 1.36. The molecule has 68 valence electrons. The molecule has 0 spiro atoms. The largest absolute Gasteiger partial charge is 0.465 e. The Bertz CT molecular complexity index is 225. The highest BCUT2D eigenvalue weighted by Crippen LogP contribution is 2.51. The van der Waals surface area contributed by atoms with Crippen molar-refractivity contribution in [2.45, 2.75) is 24.0 Å². The lowest BCUT2D eigenvalue weighted by atomic mass is 9.69. The quantitative estimate of drug-likeness (QED) is 0.643. The van der Waals surface area contributed by atoms with Crippen LogP contribution in [-0.4, -0.2) is 35.6 Å². The molecule has 0 aromatic rings. The van der Waals surface area contributed by atoms with E-state index in [1.807, 2.05) is 0 Å². The van der Waals surface area contributed by atoms with Gasteiger partial charge in [-0.15, -0.1) is 0 Å². The number of amides is 1. The second-order valence-corrected chi connectivity index (χ2v) is 3.67. The van der Waals surface area contributed by atoms with E-state index in [-0.39, 0.29) is 0 Å². The van der Waals surface area contributed by atoms with E-state index in [2.05, 4.69) is 5.32 Å². The summed E-state index contributed by atoms with van der Waals surface area (Å²) in [5.74, 6) is 0. The first-order valence-corrected chi connectivity index (χ1v) is 3.81. The summed E-state index contributed by atoms with van der Waals surface area (Å²) in [4.78, 5) is 10.3. The lowest BCUT2D eigenvalue weighted by molar-refractivity contribution is -0.0253. The van der Waals surface area contributed by atoms with Crippen LogP contribution >= 0.6 is 0 Å². The lowest BCUT2D eigenvalue weighted by Crippen LogP contribution is -2.60. The fourth-order valence-electron chi connectivity index (χ4n) is 2.16. The summed E-state index contributed by atoms with van der Waals surface area (Å²) in [6.07, 6.45) is -0.112. The maximum atomic E-state index is 12.3. The molecular formula is C7H10FNO3. The molecule has 2 heterocycles. The van der Waals surface area contributed by atoms with Gasteiger partial charge in [-0.2, -0.15) is 0 Å². The van der Waals surface area contributed by atoms with E-state index in [4.69, 9.17) is 9.84 Å². The third kappa shape index (κ3) is 0.891. The van der Waals surface area contributed by atoms with Crippen molar-refractivity contribution in [1.29, 1.82) is 0 Å². The predicted octanol–water partition coefficient (Wildman–Crippen LogP) is 0.525. The number of hydrogen-bond donors (Lipinski definition) is 2. The summed E-state index contributed by atoms with van der Waals surface area (Å²) in [7, 11) is 0. The highest BCUT2D eigenvalue weighted by Gasteiger charge is 2.63. The van der Waals surface area contributed by atoms with Crippen LogP contribution in [0.1, 0.15) is 12.8 Å².